The fraction of sp³-hybridized carbons (Fsp3) is 0.500. The smallest absolute Gasteiger partial charge is 0.120 e. The zero-order valence-corrected chi connectivity index (χ0v) is 7.61. The molecule has 0 aliphatic rings. The number of aliphatic hydroxyl groups is 1. The highest BCUT2D eigenvalue weighted by Crippen LogP contribution is 2.04. The number of unbranched alkanes of at least 4 members (excludes halogenated alkanes) is 2. The molecule has 0 fully saturated rings. The summed E-state index contributed by atoms with van der Waals surface area (Å²) in [4.78, 5) is 0. The molecule has 3 heteroatoms. The predicted octanol–water partition coefficient (Wildman–Crippen LogP) is 1.52. The molecule has 0 aromatic carbocycles. The lowest BCUT2D eigenvalue weighted by atomic mass is 10.2. The van der Waals surface area contributed by atoms with Gasteiger partial charge >= 0.3 is 0 Å². The van der Waals surface area contributed by atoms with Crippen LogP contribution in [0.15, 0.2) is 18.3 Å². The monoisotopic (exact) mass is 178 g/mol. The maximum Gasteiger partial charge on any atom is 0.120 e. The Balaban J connectivity index is 2.33. The molecule has 1 aromatic heterocycles. The van der Waals surface area contributed by atoms with Crippen molar-refractivity contribution < 1.29 is 5.11 Å². The van der Waals surface area contributed by atoms with Gasteiger partial charge in [-0.2, -0.15) is 5.26 Å². The lowest BCUT2D eigenvalue weighted by molar-refractivity contribution is 0.282. The molecule has 0 bridgehead atoms. The molecule has 70 valence electrons. The summed E-state index contributed by atoms with van der Waals surface area (Å²) in [5.41, 5.74) is 0.712. The van der Waals surface area contributed by atoms with Gasteiger partial charge in [-0.05, 0) is 31.4 Å². The van der Waals surface area contributed by atoms with Crippen LogP contribution in [0.1, 0.15) is 25.0 Å². The summed E-state index contributed by atoms with van der Waals surface area (Å²) < 4.78 is 1.94. The minimum Gasteiger partial charge on any atom is -0.396 e. The number of hydrogen-bond acceptors (Lipinski definition) is 2. The molecule has 1 N–H and O–H groups in total. The lowest BCUT2D eigenvalue weighted by Crippen LogP contribution is -1.99. The van der Waals surface area contributed by atoms with E-state index in [1.807, 2.05) is 22.9 Å². The first-order chi connectivity index (χ1) is 6.38. The number of aromatic nitrogens is 1. The molecular weight excluding hydrogens is 164 g/mol. The van der Waals surface area contributed by atoms with Crippen molar-refractivity contribution in [3.8, 4) is 6.07 Å². The molecular formula is C10H14N2O. The molecule has 0 amide bonds. The van der Waals surface area contributed by atoms with Crippen molar-refractivity contribution >= 4 is 0 Å². The number of aliphatic hydroxyl groups excluding tert-OH is 1. The average molecular weight is 178 g/mol. The van der Waals surface area contributed by atoms with Crippen molar-refractivity contribution in [1.82, 2.24) is 4.57 Å². The van der Waals surface area contributed by atoms with Gasteiger partial charge in [0.25, 0.3) is 0 Å². The Bertz CT molecular complexity index is 285. The average Bonchev–Trinajstić information content (AvgIpc) is 2.60. The van der Waals surface area contributed by atoms with Crippen molar-refractivity contribution in [2.75, 3.05) is 6.61 Å². The SMILES string of the molecule is N#Cc1cccn1CCCCCO. The Morgan fingerprint density at radius 2 is 2.23 bits per heavy atom. The van der Waals surface area contributed by atoms with Gasteiger partial charge in [-0.3, -0.25) is 0 Å². The molecule has 13 heavy (non-hydrogen) atoms. The fourth-order valence-corrected chi connectivity index (χ4v) is 1.28. The summed E-state index contributed by atoms with van der Waals surface area (Å²) in [6.07, 6.45) is 4.80. The second-order valence-corrected chi connectivity index (χ2v) is 2.98. The third-order valence-corrected chi connectivity index (χ3v) is 2.00. The van der Waals surface area contributed by atoms with Gasteiger partial charge < -0.3 is 9.67 Å². The Morgan fingerprint density at radius 1 is 1.38 bits per heavy atom. The number of rotatable bonds is 5. The minimum atomic E-state index is 0.261. The van der Waals surface area contributed by atoms with Crippen LogP contribution in [0, 0.1) is 11.3 Å². The Hall–Kier alpha value is -1.27. The van der Waals surface area contributed by atoms with Gasteiger partial charge in [-0.15, -0.1) is 0 Å². The van der Waals surface area contributed by atoms with Gasteiger partial charge in [0, 0.05) is 19.3 Å². The summed E-state index contributed by atoms with van der Waals surface area (Å²) in [6, 6.07) is 5.82. The molecule has 1 aromatic rings. The molecule has 0 saturated carbocycles. The van der Waals surface area contributed by atoms with Crippen LogP contribution in [-0.2, 0) is 6.54 Å². The fourth-order valence-electron chi connectivity index (χ4n) is 1.28. The number of nitriles is 1. The van der Waals surface area contributed by atoms with Gasteiger partial charge in [0.1, 0.15) is 11.8 Å². The topological polar surface area (TPSA) is 49.0 Å². The third-order valence-electron chi connectivity index (χ3n) is 2.00. The minimum absolute atomic E-state index is 0.261. The predicted molar refractivity (Wildman–Crippen MR) is 50.1 cm³/mol. The first-order valence-electron chi connectivity index (χ1n) is 4.54. The van der Waals surface area contributed by atoms with E-state index in [2.05, 4.69) is 6.07 Å². The molecule has 1 rings (SSSR count). The third kappa shape index (κ3) is 2.92. The van der Waals surface area contributed by atoms with Crippen LogP contribution in [0.3, 0.4) is 0 Å². The number of aryl methyl sites for hydroxylation is 1. The molecule has 1 heterocycles. The highest BCUT2D eigenvalue weighted by molar-refractivity contribution is 5.21. The molecule has 0 unspecified atom stereocenters. The highest BCUT2D eigenvalue weighted by Gasteiger charge is 1.97. The largest absolute Gasteiger partial charge is 0.396 e. The van der Waals surface area contributed by atoms with Crippen LogP contribution in [0.2, 0.25) is 0 Å². The van der Waals surface area contributed by atoms with E-state index in [-0.39, 0.29) is 6.61 Å². The van der Waals surface area contributed by atoms with E-state index in [1.165, 1.54) is 0 Å². The summed E-state index contributed by atoms with van der Waals surface area (Å²) in [7, 11) is 0. The van der Waals surface area contributed by atoms with Crippen molar-refractivity contribution in [3.63, 3.8) is 0 Å². The lowest BCUT2D eigenvalue weighted by Gasteiger charge is -2.03. The summed E-state index contributed by atoms with van der Waals surface area (Å²) in [5.74, 6) is 0. The Kier molecular flexibility index (Phi) is 4.07. The second-order valence-electron chi connectivity index (χ2n) is 2.98. The van der Waals surface area contributed by atoms with E-state index in [1.54, 1.807) is 0 Å². The molecule has 0 saturated heterocycles. The normalized spacial score (nSPS) is 9.85. The summed E-state index contributed by atoms with van der Waals surface area (Å²) >= 11 is 0. The molecule has 0 aliphatic carbocycles. The van der Waals surface area contributed by atoms with E-state index in [0.29, 0.717) is 5.69 Å². The summed E-state index contributed by atoms with van der Waals surface area (Å²) in [6.45, 7) is 1.13. The maximum atomic E-state index is 8.70. The van der Waals surface area contributed by atoms with E-state index >= 15 is 0 Å². The molecule has 3 nitrogen and oxygen atoms in total. The van der Waals surface area contributed by atoms with Gasteiger partial charge in [0.15, 0.2) is 0 Å². The van der Waals surface area contributed by atoms with Crippen LogP contribution in [-0.4, -0.2) is 16.3 Å². The Labute approximate surface area is 78.2 Å². The van der Waals surface area contributed by atoms with E-state index in [4.69, 9.17) is 10.4 Å². The van der Waals surface area contributed by atoms with Crippen molar-refractivity contribution in [2.45, 2.75) is 25.8 Å². The van der Waals surface area contributed by atoms with Crippen molar-refractivity contribution in [1.29, 1.82) is 5.26 Å². The van der Waals surface area contributed by atoms with Crippen molar-refractivity contribution in [3.05, 3.63) is 24.0 Å². The van der Waals surface area contributed by atoms with Gasteiger partial charge in [-0.25, -0.2) is 0 Å². The quantitative estimate of drug-likeness (QED) is 0.695. The molecule has 0 atom stereocenters. The summed E-state index contributed by atoms with van der Waals surface area (Å²) in [5, 5.41) is 17.3. The first-order valence-corrected chi connectivity index (χ1v) is 4.54. The second kappa shape index (κ2) is 5.39. The standard InChI is InChI=1S/C10H14N2O/c11-9-10-5-4-7-12(10)6-2-1-3-8-13/h4-5,7,13H,1-3,6,8H2. The number of hydrogen-bond donors (Lipinski definition) is 1. The van der Waals surface area contributed by atoms with Crippen LogP contribution in [0.5, 0.6) is 0 Å². The maximum absolute atomic E-state index is 8.70. The number of nitrogens with zero attached hydrogens (tertiary/aromatic N) is 2. The molecule has 0 radical (unpaired) electrons. The van der Waals surface area contributed by atoms with Crippen LogP contribution >= 0.6 is 0 Å². The van der Waals surface area contributed by atoms with Gasteiger partial charge in [0.2, 0.25) is 0 Å². The van der Waals surface area contributed by atoms with Crippen LogP contribution in [0.4, 0.5) is 0 Å². The zero-order chi connectivity index (χ0) is 9.52. The van der Waals surface area contributed by atoms with E-state index in [9.17, 15) is 0 Å². The molecule has 0 aliphatic heterocycles. The van der Waals surface area contributed by atoms with Gasteiger partial charge in [-0.1, -0.05) is 0 Å². The van der Waals surface area contributed by atoms with E-state index < -0.39 is 0 Å². The van der Waals surface area contributed by atoms with E-state index in [0.717, 1.165) is 25.8 Å². The first kappa shape index (κ1) is 9.82. The Morgan fingerprint density at radius 3 is 2.92 bits per heavy atom. The zero-order valence-electron chi connectivity index (χ0n) is 7.61. The molecule has 0 spiro atoms. The van der Waals surface area contributed by atoms with Gasteiger partial charge in [0.05, 0.1) is 0 Å². The highest BCUT2D eigenvalue weighted by atomic mass is 16.2. The van der Waals surface area contributed by atoms with Crippen LogP contribution in [0.25, 0.3) is 0 Å². The van der Waals surface area contributed by atoms with Crippen molar-refractivity contribution in [2.24, 2.45) is 0 Å². The van der Waals surface area contributed by atoms with Crippen LogP contribution < -0.4 is 0 Å².